The van der Waals surface area contributed by atoms with E-state index in [4.69, 9.17) is 0 Å². The minimum absolute atomic E-state index is 0. The van der Waals surface area contributed by atoms with Crippen LogP contribution in [-0.4, -0.2) is 19.7 Å². The molecule has 2 N–H and O–H groups in total. The van der Waals surface area contributed by atoms with Crippen LogP contribution < -0.4 is 10.6 Å². The SMILES string of the molecule is Cc1ccccc1Nc1nc(Nc2ccccc2)c2cnn(C)c2n1.Cl. The zero-order valence-corrected chi connectivity index (χ0v) is 15.3. The van der Waals surface area contributed by atoms with Crippen molar-refractivity contribution in [3.8, 4) is 0 Å². The minimum Gasteiger partial charge on any atom is -0.339 e. The van der Waals surface area contributed by atoms with E-state index < -0.39 is 0 Å². The van der Waals surface area contributed by atoms with Crippen LogP contribution in [0, 0.1) is 6.92 Å². The van der Waals surface area contributed by atoms with Gasteiger partial charge in [0.05, 0.1) is 11.6 Å². The van der Waals surface area contributed by atoms with Crippen molar-refractivity contribution in [3.05, 3.63) is 66.4 Å². The monoisotopic (exact) mass is 366 g/mol. The molecular weight excluding hydrogens is 348 g/mol. The first-order valence-electron chi connectivity index (χ1n) is 8.05. The van der Waals surface area contributed by atoms with Crippen molar-refractivity contribution >= 4 is 46.6 Å². The second-order valence-corrected chi connectivity index (χ2v) is 5.83. The largest absolute Gasteiger partial charge is 0.339 e. The van der Waals surface area contributed by atoms with E-state index in [0.717, 1.165) is 33.8 Å². The maximum atomic E-state index is 4.66. The summed E-state index contributed by atoms with van der Waals surface area (Å²) in [5.74, 6) is 1.25. The van der Waals surface area contributed by atoms with Crippen molar-refractivity contribution in [1.82, 2.24) is 19.7 Å². The first-order chi connectivity index (χ1) is 12.2. The topological polar surface area (TPSA) is 67.7 Å². The third-order valence-corrected chi connectivity index (χ3v) is 4.02. The Morgan fingerprint density at radius 1 is 0.885 bits per heavy atom. The molecule has 0 fully saturated rings. The highest BCUT2D eigenvalue weighted by Crippen LogP contribution is 2.26. The third kappa shape index (κ3) is 3.45. The van der Waals surface area contributed by atoms with Crippen LogP contribution in [0.5, 0.6) is 0 Å². The lowest BCUT2D eigenvalue weighted by molar-refractivity contribution is 0.786. The van der Waals surface area contributed by atoms with Gasteiger partial charge in [-0.1, -0.05) is 36.4 Å². The molecule has 0 amide bonds. The van der Waals surface area contributed by atoms with Crippen LogP contribution in [0.25, 0.3) is 11.0 Å². The molecule has 0 atom stereocenters. The van der Waals surface area contributed by atoms with Crippen molar-refractivity contribution in [2.24, 2.45) is 7.05 Å². The number of nitrogens with zero attached hydrogens (tertiary/aromatic N) is 4. The summed E-state index contributed by atoms with van der Waals surface area (Å²) in [5.41, 5.74) is 3.85. The van der Waals surface area contributed by atoms with Crippen LogP contribution >= 0.6 is 12.4 Å². The molecule has 6 nitrogen and oxygen atoms in total. The lowest BCUT2D eigenvalue weighted by atomic mass is 10.2. The predicted molar refractivity (Wildman–Crippen MR) is 108 cm³/mol. The van der Waals surface area contributed by atoms with Crippen LogP contribution in [-0.2, 0) is 7.05 Å². The Labute approximate surface area is 157 Å². The van der Waals surface area contributed by atoms with Crippen molar-refractivity contribution in [3.63, 3.8) is 0 Å². The summed E-state index contributed by atoms with van der Waals surface area (Å²) >= 11 is 0. The lowest BCUT2D eigenvalue weighted by Gasteiger charge is -2.11. The fraction of sp³-hybridized carbons (Fsp3) is 0.105. The summed E-state index contributed by atoms with van der Waals surface area (Å²) in [6.45, 7) is 2.05. The van der Waals surface area contributed by atoms with Crippen molar-refractivity contribution in [2.45, 2.75) is 6.92 Å². The molecule has 4 rings (SSSR count). The maximum absolute atomic E-state index is 4.66. The molecule has 0 saturated carbocycles. The van der Waals surface area contributed by atoms with E-state index in [1.807, 2.05) is 68.6 Å². The van der Waals surface area contributed by atoms with Gasteiger partial charge in [-0.2, -0.15) is 15.1 Å². The van der Waals surface area contributed by atoms with Gasteiger partial charge in [0.1, 0.15) is 5.82 Å². The third-order valence-electron chi connectivity index (χ3n) is 4.02. The summed E-state index contributed by atoms with van der Waals surface area (Å²) in [7, 11) is 1.87. The first kappa shape index (κ1) is 17.7. The standard InChI is InChI=1S/C19H18N6.ClH/c1-13-8-6-7-11-16(13)22-19-23-17(21-14-9-4-3-5-10-14)15-12-20-25(2)18(15)24-19;/h3-12H,1-2H3,(H2,21,22,23,24);1H. The number of para-hydroxylation sites is 2. The number of nitrogens with one attached hydrogen (secondary N) is 2. The lowest BCUT2D eigenvalue weighted by Crippen LogP contribution is -2.04. The molecule has 0 aliphatic carbocycles. The Morgan fingerprint density at radius 3 is 2.38 bits per heavy atom. The Balaban J connectivity index is 0.00000196. The average Bonchev–Trinajstić information content (AvgIpc) is 2.99. The number of fused-ring (bicyclic) bond motifs is 1. The highest BCUT2D eigenvalue weighted by Gasteiger charge is 2.12. The zero-order chi connectivity index (χ0) is 17.2. The van der Waals surface area contributed by atoms with Crippen molar-refractivity contribution in [1.29, 1.82) is 0 Å². The molecule has 7 heteroatoms. The Hall–Kier alpha value is -3.12. The molecule has 0 bridgehead atoms. The number of hydrogen-bond acceptors (Lipinski definition) is 5. The molecule has 0 spiro atoms. The van der Waals surface area contributed by atoms with Crippen LogP contribution in [0.1, 0.15) is 5.56 Å². The van der Waals surface area contributed by atoms with Gasteiger partial charge < -0.3 is 10.6 Å². The van der Waals surface area contributed by atoms with E-state index in [9.17, 15) is 0 Å². The normalized spacial score (nSPS) is 10.4. The number of aryl methyl sites for hydroxylation is 2. The summed E-state index contributed by atoms with van der Waals surface area (Å²) in [4.78, 5) is 9.27. The summed E-state index contributed by atoms with van der Waals surface area (Å²) < 4.78 is 1.75. The Bertz CT molecular complexity index is 1030. The average molecular weight is 367 g/mol. The van der Waals surface area contributed by atoms with Crippen LogP contribution in [0.15, 0.2) is 60.8 Å². The van der Waals surface area contributed by atoms with Gasteiger partial charge in [0.2, 0.25) is 5.95 Å². The maximum Gasteiger partial charge on any atom is 0.231 e. The van der Waals surface area contributed by atoms with E-state index in [-0.39, 0.29) is 12.4 Å². The van der Waals surface area contributed by atoms with E-state index in [0.29, 0.717) is 5.95 Å². The number of halogens is 1. The Kier molecular flexibility index (Phi) is 5.04. The number of hydrogen-bond donors (Lipinski definition) is 2. The van der Waals surface area contributed by atoms with Gasteiger partial charge in [0.25, 0.3) is 0 Å². The summed E-state index contributed by atoms with van der Waals surface area (Å²) in [6, 6.07) is 18.0. The fourth-order valence-electron chi connectivity index (χ4n) is 2.67. The fourth-order valence-corrected chi connectivity index (χ4v) is 2.67. The van der Waals surface area contributed by atoms with Gasteiger partial charge in [-0.3, -0.25) is 4.68 Å². The summed E-state index contributed by atoms with van der Waals surface area (Å²) in [5, 5.41) is 11.8. The number of rotatable bonds is 4. The van der Waals surface area contributed by atoms with Crippen LogP contribution in [0.4, 0.5) is 23.1 Å². The molecule has 0 aliphatic rings. The number of benzene rings is 2. The molecule has 26 heavy (non-hydrogen) atoms. The first-order valence-corrected chi connectivity index (χ1v) is 8.05. The Morgan fingerprint density at radius 2 is 1.62 bits per heavy atom. The molecular formula is C19H19ClN6. The molecule has 2 aromatic heterocycles. The molecule has 0 radical (unpaired) electrons. The smallest absolute Gasteiger partial charge is 0.231 e. The summed E-state index contributed by atoms with van der Waals surface area (Å²) in [6.07, 6.45) is 1.78. The van der Waals surface area contributed by atoms with Crippen LogP contribution in [0.2, 0.25) is 0 Å². The van der Waals surface area contributed by atoms with E-state index in [1.165, 1.54) is 0 Å². The van der Waals surface area contributed by atoms with Gasteiger partial charge in [0, 0.05) is 18.4 Å². The quantitative estimate of drug-likeness (QED) is 0.553. The van der Waals surface area contributed by atoms with Gasteiger partial charge in [-0.15, -0.1) is 12.4 Å². The molecule has 0 unspecified atom stereocenters. The predicted octanol–water partition coefficient (Wildman–Crippen LogP) is 4.58. The van der Waals surface area contributed by atoms with Crippen molar-refractivity contribution < 1.29 is 0 Å². The van der Waals surface area contributed by atoms with Gasteiger partial charge >= 0.3 is 0 Å². The second-order valence-electron chi connectivity index (χ2n) is 5.83. The molecule has 4 aromatic rings. The zero-order valence-electron chi connectivity index (χ0n) is 14.5. The number of aromatic nitrogens is 4. The highest BCUT2D eigenvalue weighted by molar-refractivity contribution is 5.89. The van der Waals surface area contributed by atoms with Gasteiger partial charge in [-0.05, 0) is 30.7 Å². The molecule has 2 heterocycles. The molecule has 2 aromatic carbocycles. The number of anilines is 4. The molecule has 0 aliphatic heterocycles. The van der Waals surface area contributed by atoms with E-state index in [2.05, 4.69) is 25.7 Å². The van der Waals surface area contributed by atoms with Gasteiger partial charge in [-0.25, -0.2) is 0 Å². The van der Waals surface area contributed by atoms with Crippen molar-refractivity contribution in [2.75, 3.05) is 10.6 Å². The van der Waals surface area contributed by atoms with Gasteiger partial charge in [0.15, 0.2) is 5.65 Å². The van der Waals surface area contributed by atoms with Crippen LogP contribution in [0.3, 0.4) is 0 Å². The molecule has 132 valence electrons. The van der Waals surface area contributed by atoms with E-state index in [1.54, 1.807) is 10.9 Å². The minimum atomic E-state index is 0. The highest BCUT2D eigenvalue weighted by atomic mass is 35.5. The van der Waals surface area contributed by atoms with E-state index >= 15 is 0 Å². The second kappa shape index (κ2) is 7.41. The molecule has 0 saturated heterocycles.